The number of hydrogen-bond donors (Lipinski definition) is 3. The molecule has 19 heavy (non-hydrogen) atoms. The van der Waals surface area contributed by atoms with E-state index in [1.165, 1.54) is 0 Å². The van der Waals surface area contributed by atoms with E-state index in [-0.39, 0.29) is 13.2 Å². The summed E-state index contributed by atoms with van der Waals surface area (Å²) in [5, 5.41) is 2.16. The summed E-state index contributed by atoms with van der Waals surface area (Å²) in [7, 11) is 0. The highest BCUT2D eigenvalue weighted by molar-refractivity contribution is 6.03. The van der Waals surface area contributed by atoms with E-state index < -0.39 is 23.8 Å². The Labute approximate surface area is 109 Å². The van der Waals surface area contributed by atoms with Gasteiger partial charge in [0.15, 0.2) is 0 Å². The fourth-order valence-electron chi connectivity index (χ4n) is 1.31. The van der Waals surface area contributed by atoms with Gasteiger partial charge in [0.1, 0.15) is 0 Å². The monoisotopic (exact) mass is 265 g/mol. The van der Waals surface area contributed by atoms with Gasteiger partial charge in [-0.1, -0.05) is 30.3 Å². The third kappa shape index (κ3) is 5.17. The molecular formula is C12H15N3O4. The highest BCUT2D eigenvalue weighted by Gasteiger charge is 2.25. The van der Waals surface area contributed by atoms with Crippen LogP contribution in [-0.2, 0) is 25.7 Å². The second-order valence-electron chi connectivity index (χ2n) is 3.76. The molecule has 0 bridgehead atoms. The number of nitrogens with one attached hydrogen (secondary N) is 1. The van der Waals surface area contributed by atoms with Gasteiger partial charge in [0, 0.05) is 0 Å². The van der Waals surface area contributed by atoms with Gasteiger partial charge in [-0.2, -0.15) is 0 Å². The summed E-state index contributed by atoms with van der Waals surface area (Å²) in [6, 6.07) is 8.98. The van der Waals surface area contributed by atoms with E-state index in [1.54, 1.807) is 24.3 Å². The highest BCUT2D eigenvalue weighted by Crippen LogP contribution is 2.03. The molecule has 1 aromatic carbocycles. The summed E-state index contributed by atoms with van der Waals surface area (Å²) in [5.41, 5.74) is 10.7. The summed E-state index contributed by atoms with van der Waals surface area (Å²) < 4.78 is 5.14. The van der Waals surface area contributed by atoms with E-state index in [2.05, 4.69) is 5.32 Å². The van der Waals surface area contributed by atoms with E-state index in [0.717, 1.165) is 5.56 Å². The highest BCUT2D eigenvalue weighted by atomic mass is 16.5. The lowest BCUT2D eigenvalue weighted by Gasteiger charge is -2.14. The predicted molar refractivity (Wildman–Crippen MR) is 66.4 cm³/mol. The van der Waals surface area contributed by atoms with Gasteiger partial charge in [-0.05, 0) is 5.56 Å². The normalized spacial score (nSPS) is 11.6. The first kappa shape index (κ1) is 14.7. The van der Waals surface area contributed by atoms with Gasteiger partial charge in [-0.3, -0.25) is 14.4 Å². The van der Waals surface area contributed by atoms with Crippen LogP contribution >= 0.6 is 0 Å². The molecule has 7 heteroatoms. The van der Waals surface area contributed by atoms with E-state index in [1.807, 2.05) is 6.07 Å². The van der Waals surface area contributed by atoms with Crippen LogP contribution in [0.5, 0.6) is 0 Å². The number of amides is 3. The molecule has 0 aromatic heterocycles. The SMILES string of the molecule is NC(=O)CNC(=O)C(OCc1ccccc1)C(N)=O. The first-order valence-corrected chi connectivity index (χ1v) is 5.51. The van der Waals surface area contributed by atoms with Crippen LogP contribution in [0, 0.1) is 0 Å². The van der Waals surface area contributed by atoms with Crippen LogP contribution in [-0.4, -0.2) is 30.4 Å². The maximum atomic E-state index is 11.6. The van der Waals surface area contributed by atoms with Crippen LogP contribution in [0.3, 0.4) is 0 Å². The zero-order valence-electron chi connectivity index (χ0n) is 10.2. The predicted octanol–water partition coefficient (Wildman–Crippen LogP) is -1.34. The Kier molecular flexibility index (Phi) is 5.49. The van der Waals surface area contributed by atoms with Crippen molar-refractivity contribution in [3.05, 3.63) is 35.9 Å². The molecule has 0 saturated heterocycles. The minimum atomic E-state index is -1.46. The molecule has 0 aliphatic heterocycles. The molecule has 0 aliphatic carbocycles. The van der Waals surface area contributed by atoms with E-state index in [0.29, 0.717) is 0 Å². The molecule has 0 aliphatic rings. The zero-order chi connectivity index (χ0) is 14.3. The number of carbonyl (C=O) groups excluding carboxylic acids is 3. The number of primary amides is 2. The van der Waals surface area contributed by atoms with Gasteiger partial charge in [-0.25, -0.2) is 0 Å². The average molecular weight is 265 g/mol. The molecule has 0 heterocycles. The van der Waals surface area contributed by atoms with Gasteiger partial charge in [0.25, 0.3) is 11.8 Å². The molecule has 102 valence electrons. The van der Waals surface area contributed by atoms with Crippen LogP contribution in [0.15, 0.2) is 30.3 Å². The second kappa shape index (κ2) is 7.12. The summed E-state index contributed by atoms with van der Waals surface area (Å²) in [6.07, 6.45) is -1.46. The Morgan fingerprint density at radius 1 is 1.16 bits per heavy atom. The standard InChI is InChI=1S/C12H15N3O4/c13-9(16)6-15-12(18)10(11(14)17)19-7-8-4-2-1-3-5-8/h1-5,10H,6-7H2,(H2,13,16)(H2,14,17)(H,15,18). The number of nitrogens with two attached hydrogens (primary N) is 2. The van der Waals surface area contributed by atoms with Gasteiger partial charge >= 0.3 is 0 Å². The van der Waals surface area contributed by atoms with Crippen molar-refractivity contribution in [1.29, 1.82) is 0 Å². The molecule has 0 spiro atoms. The number of rotatable bonds is 7. The zero-order valence-corrected chi connectivity index (χ0v) is 10.2. The Morgan fingerprint density at radius 2 is 1.79 bits per heavy atom. The Morgan fingerprint density at radius 3 is 2.32 bits per heavy atom. The molecule has 1 aromatic rings. The van der Waals surface area contributed by atoms with E-state index in [9.17, 15) is 14.4 Å². The van der Waals surface area contributed by atoms with Crippen molar-refractivity contribution in [1.82, 2.24) is 5.32 Å². The van der Waals surface area contributed by atoms with Crippen molar-refractivity contribution in [2.45, 2.75) is 12.7 Å². The molecule has 7 nitrogen and oxygen atoms in total. The van der Waals surface area contributed by atoms with Crippen molar-refractivity contribution in [2.24, 2.45) is 11.5 Å². The van der Waals surface area contributed by atoms with Crippen LogP contribution in [0.2, 0.25) is 0 Å². The van der Waals surface area contributed by atoms with Crippen molar-refractivity contribution in [3.63, 3.8) is 0 Å². The van der Waals surface area contributed by atoms with Crippen LogP contribution in [0.1, 0.15) is 5.56 Å². The third-order valence-corrected chi connectivity index (χ3v) is 2.19. The van der Waals surface area contributed by atoms with E-state index in [4.69, 9.17) is 16.2 Å². The largest absolute Gasteiger partial charge is 0.368 e. The molecule has 0 radical (unpaired) electrons. The topological polar surface area (TPSA) is 125 Å². The van der Waals surface area contributed by atoms with Crippen LogP contribution in [0.25, 0.3) is 0 Å². The number of hydrogen-bond acceptors (Lipinski definition) is 4. The lowest BCUT2D eigenvalue weighted by atomic mass is 10.2. The first-order valence-electron chi connectivity index (χ1n) is 5.51. The molecular weight excluding hydrogens is 250 g/mol. The Hall–Kier alpha value is -2.41. The third-order valence-electron chi connectivity index (χ3n) is 2.19. The van der Waals surface area contributed by atoms with Gasteiger partial charge in [0.05, 0.1) is 13.2 Å². The minimum Gasteiger partial charge on any atom is -0.368 e. The smallest absolute Gasteiger partial charge is 0.259 e. The van der Waals surface area contributed by atoms with Gasteiger partial charge < -0.3 is 21.5 Å². The summed E-state index contributed by atoms with van der Waals surface area (Å²) >= 11 is 0. The quantitative estimate of drug-likeness (QED) is 0.527. The molecule has 5 N–H and O–H groups in total. The fraction of sp³-hybridized carbons (Fsp3) is 0.250. The van der Waals surface area contributed by atoms with Crippen LogP contribution in [0.4, 0.5) is 0 Å². The number of benzene rings is 1. The molecule has 0 fully saturated rings. The summed E-state index contributed by atoms with van der Waals surface area (Å²) in [6.45, 7) is -0.324. The molecule has 1 atom stereocenters. The Balaban J connectivity index is 2.55. The summed E-state index contributed by atoms with van der Waals surface area (Å²) in [5.74, 6) is -2.44. The van der Waals surface area contributed by atoms with Crippen molar-refractivity contribution < 1.29 is 19.1 Å². The molecule has 0 saturated carbocycles. The maximum Gasteiger partial charge on any atom is 0.259 e. The van der Waals surface area contributed by atoms with Gasteiger partial charge in [0.2, 0.25) is 12.0 Å². The van der Waals surface area contributed by atoms with E-state index >= 15 is 0 Å². The first-order chi connectivity index (χ1) is 9.00. The molecule has 1 rings (SSSR count). The average Bonchev–Trinajstić information content (AvgIpc) is 2.37. The molecule has 1 unspecified atom stereocenters. The summed E-state index contributed by atoms with van der Waals surface area (Å²) in [4.78, 5) is 33.2. The lowest BCUT2D eigenvalue weighted by molar-refractivity contribution is -0.145. The lowest BCUT2D eigenvalue weighted by Crippen LogP contribution is -2.47. The minimum absolute atomic E-state index is 0.0540. The van der Waals surface area contributed by atoms with Gasteiger partial charge in [-0.15, -0.1) is 0 Å². The van der Waals surface area contributed by atoms with Crippen LogP contribution < -0.4 is 16.8 Å². The molecule has 3 amide bonds. The maximum absolute atomic E-state index is 11.6. The fourth-order valence-corrected chi connectivity index (χ4v) is 1.31. The Bertz CT molecular complexity index is 461. The van der Waals surface area contributed by atoms with Crippen molar-refractivity contribution in [3.8, 4) is 0 Å². The number of ether oxygens (including phenoxy) is 1. The van der Waals surface area contributed by atoms with Crippen molar-refractivity contribution >= 4 is 17.7 Å². The second-order valence-corrected chi connectivity index (χ2v) is 3.76. The van der Waals surface area contributed by atoms with Crippen molar-refractivity contribution in [2.75, 3.05) is 6.54 Å². The number of carbonyl (C=O) groups is 3.